The van der Waals surface area contributed by atoms with Crippen LogP contribution in [-0.2, 0) is 0 Å². The quantitative estimate of drug-likeness (QED) is 0.489. The summed E-state index contributed by atoms with van der Waals surface area (Å²) in [5, 5.41) is 10.6. The number of nitrogens with zero attached hydrogens (tertiary/aromatic N) is 1. The minimum Gasteiger partial charge on any atom is -0.324 e. The summed E-state index contributed by atoms with van der Waals surface area (Å²) in [6.07, 6.45) is 3.91. The molecule has 1 atom stereocenters. The molecule has 1 aromatic carbocycles. The molecular weight excluding hydrogens is 259 g/mol. The summed E-state index contributed by atoms with van der Waals surface area (Å²) in [6.45, 7) is 2.09. The Morgan fingerprint density at radius 2 is 2.11 bits per heavy atom. The van der Waals surface area contributed by atoms with Crippen LogP contribution in [0, 0.1) is 15.9 Å². The van der Waals surface area contributed by atoms with Crippen LogP contribution < -0.4 is 5.73 Å². The lowest BCUT2D eigenvalue weighted by atomic mass is 10.0. The molecule has 102 valence electrons. The Morgan fingerprint density at radius 1 is 1.44 bits per heavy atom. The van der Waals surface area contributed by atoms with Gasteiger partial charge in [0.05, 0.1) is 4.92 Å². The average molecular weight is 277 g/mol. The molecular formula is C12H18ClFN2O2. The van der Waals surface area contributed by atoms with E-state index in [4.69, 9.17) is 5.73 Å². The van der Waals surface area contributed by atoms with Crippen LogP contribution in [0.2, 0.25) is 0 Å². The van der Waals surface area contributed by atoms with E-state index >= 15 is 0 Å². The molecule has 0 bridgehead atoms. The van der Waals surface area contributed by atoms with Gasteiger partial charge in [-0.15, -0.1) is 12.4 Å². The van der Waals surface area contributed by atoms with Crippen molar-refractivity contribution < 1.29 is 9.31 Å². The summed E-state index contributed by atoms with van der Waals surface area (Å²) in [5.74, 6) is -0.820. The van der Waals surface area contributed by atoms with Gasteiger partial charge in [0.15, 0.2) is 0 Å². The first kappa shape index (κ1) is 16.8. The fourth-order valence-corrected chi connectivity index (χ4v) is 1.68. The summed E-state index contributed by atoms with van der Waals surface area (Å²) in [6, 6.07) is 3.58. The minimum absolute atomic E-state index is 0. The van der Waals surface area contributed by atoms with E-state index in [0.717, 1.165) is 31.7 Å². The number of nitrogens with two attached hydrogens (primary N) is 1. The fourth-order valence-electron chi connectivity index (χ4n) is 1.68. The van der Waals surface area contributed by atoms with E-state index < -0.39 is 16.4 Å². The zero-order valence-electron chi connectivity index (χ0n) is 10.3. The van der Waals surface area contributed by atoms with Gasteiger partial charge in [0, 0.05) is 12.1 Å². The van der Waals surface area contributed by atoms with E-state index in [-0.39, 0.29) is 18.4 Å². The Labute approximate surface area is 112 Å². The van der Waals surface area contributed by atoms with Crippen molar-refractivity contribution in [3.8, 4) is 0 Å². The third-order valence-corrected chi connectivity index (χ3v) is 2.71. The molecule has 0 saturated heterocycles. The molecule has 0 fully saturated rings. The lowest BCUT2D eigenvalue weighted by Gasteiger charge is -2.11. The van der Waals surface area contributed by atoms with E-state index in [1.807, 2.05) is 0 Å². The second-order valence-corrected chi connectivity index (χ2v) is 4.07. The van der Waals surface area contributed by atoms with Crippen molar-refractivity contribution in [3.05, 3.63) is 39.7 Å². The van der Waals surface area contributed by atoms with Crippen molar-refractivity contribution >= 4 is 18.1 Å². The van der Waals surface area contributed by atoms with Gasteiger partial charge >= 0.3 is 5.69 Å². The third-order valence-electron chi connectivity index (χ3n) is 2.71. The summed E-state index contributed by atoms with van der Waals surface area (Å²) in [4.78, 5) is 9.86. The topological polar surface area (TPSA) is 69.2 Å². The van der Waals surface area contributed by atoms with Gasteiger partial charge in [0.25, 0.3) is 0 Å². The lowest BCUT2D eigenvalue weighted by molar-refractivity contribution is -0.387. The van der Waals surface area contributed by atoms with Crippen molar-refractivity contribution in [2.75, 3.05) is 0 Å². The van der Waals surface area contributed by atoms with E-state index in [1.165, 1.54) is 12.1 Å². The van der Waals surface area contributed by atoms with Crippen molar-refractivity contribution in [3.63, 3.8) is 0 Å². The molecule has 0 saturated carbocycles. The Morgan fingerprint density at radius 3 is 2.67 bits per heavy atom. The maximum Gasteiger partial charge on any atom is 0.305 e. The normalized spacial score (nSPS) is 11.7. The van der Waals surface area contributed by atoms with Gasteiger partial charge in [-0.2, -0.15) is 4.39 Å². The first-order valence-electron chi connectivity index (χ1n) is 5.75. The minimum atomic E-state index is -0.820. The largest absolute Gasteiger partial charge is 0.324 e. The van der Waals surface area contributed by atoms with E-state index in [2.05, 4.69) is 6.92 Å². The zero-order valence-corrected chi connectivity index (χ0v) is 11.1. The third kappa shape index (κ3) is 4.58. The van der Waals surface area contributed by atoms with Crippen LogP contribution in [0.15, 0.2) is 18.2 Å². The standard InChI is InChI=1S/C12H17FN2O2.ClH/c1-2-3-4-5-11(14)9-6-7-10(13)12(8-9)15(16)17;/h6-8,11H,2-5,14H2,1H3;1H/t11-;/m0./s1. The van der Waals surface area contributed by atoms with Gasteiger partial charge in [0.1, 0.15) is 0 Å². The van der Waals surface area contributed by atoms with Gasteiger partial charge in [-0.1, -0.05) is 32.3 Å². The Balaban J connectivity index is 0.00000289. The molecule has 1 aromatic rings. The second-order valence-electron chi connectivity index (χ2n) is 4.07. The molecule has 0 aliphatic carbocycles. The number of hydrogen-bond donors (Lipinski definition) is 1. The number of nitro benzene ring substituents is 1. The van der Waals surface area contributed by atoms with Crippen LogP contribution in [0.25, 0.3) is 0 Å². The molecule has 0 aliphatic rings. The Bertz CT molecular complexity index is 402. The van der Waals surface area contributed by atoms with Crippen LogP contribution in [0.3, 0.4) is 0 Å². The van der Waals surface area contributed by atoms with Gasteiger partial charge in [-0.05, 0) is 18.1 Å². The monoisotopic (exact) mass is 276 g/mol. The summed E-state index contributed by atoms with van der Waals surface area (Å²) >= 11 is 0. The van der Waals surface area contributed by atoms with E-state index in [9.17, 15) is 14.5 Å². The highest BCUT2D eigenvalue weighted by Gasteiger charge is 2.16. The number of nitro groups is 1. The maximum atomic E-state index is 13.1. The molecule has 6 heteroatoms. The van der Waals surface area contributed by atoms with Crippen molar-refractivity contribution in [2.45, 2.75) is 38.6 Å². The predicted octanol–water partition coefficient (Wildman–Crippen LogP) is 3.74. The fraction of sp³-hybridized carbons (Fsp3) is 0.500. The van der Waals surface area contributed by atoms with Gasteiger partial charge in [-0.3, -0.25) is 10.1 Å². The number of benzene rings is 1. The van der Waals surface area contributed by atoms with Crippen LogP contribution in [0.5, 0.6) is 0 Å². The lowest BCUT2D eigenvalue weighted by Crippen LogP contribution is -2.10. The van der Waals surface area contributed by atoms with Crippen LogP contribution in [-0.4, -0.2) is 4.92 Å². The first-order chi connectivity index (χ1) is 8.06. The molecule has 0 aromatic heterocycles. The SMILES string of the molecule is CCCCC[C@H](N)c1ccc(F)c([N+](=O)[O-])c1.Cl. The van der Waals surface area contributed by atoms with Crippen LogP contribution in [0.4, 0.5) is 10.1 Å². The average Bonchev–Trinajstić information content (AvgIpc) is 2.29. The summed E-state index contributed by atoms with van der Waals surface area (Å²) in [5.41, 5.74) is 6.02. The van der Waals surface area contributed by atoms with Gasteiger partial charge in [0.2, 0.25) is 5.82 Å². The highest BCUT2D eigenvalue weighted by atomic mass is 35.5. The number of hydrogen-bond acceptors (Lipinski definition) is 3. The highest BCUT2D eigenvalue weighted by molar-refractivity contribution is 5.85. The number of rotatable bonds is 6. The van der Waals surface area contributed by atoms with Gasteiger partial charge in [-0.25, -0.2) is 0 Å². The predicted molar refractivity (Wildman–Crippen MR) is 71.4 cm³/mol. The molecule has 0 aliphatic heterocycles. The summed E-state index contributed by atoms with van der Waals surface area (Å²) in [7, 11) is 0. The molecule has 4 nitrogen and oxygen atoms in total. The molecule has 2 N–H and O–H groups in total. The van der Waals surface area contributed by atoms with Gasteiger partial charge < -0.3 is 5.73 Å². The van der Waals surface area contributed by atoms with Crippen LogP contribution >= 0.6 is 12.4 Å². The second kappa shape index (κ2) is 8.00. The Hall–Kier alpha value is -1.20. The Kier molecular flexibility index (Phi) is 7.47. The van der Waals surface area contributed by atoms with E-state index in [0.29, 0.717) is 5.56 Å². The number of unbranched alkanes of at least 4 members (excludes halogenated alkanes) is 2. The van der Waals surface area contributed by atoms with Crippen LogP contribution in [0.1, 0.15) is 44.2 Å². The maximum absolute atomic E-state index is 13.1. The highest BCUT2D eigenvalue weighted by Crippen LogP contribution is 2.24. The van der Waals surface area contributed by atoms with Crippen molar-refractivity contribution in [2.24, 2.45) is 5.73 Å². The molecule has 18 heavy (non-hydrogen) atoms. The first-order valence-corrected chi connectivity index (χ1v) is 5.75. The van der Waals surface area contributed by atoms with E-state index in [1.54, 1.807) is 0 Å². The zero-order chi connectivity index (χ0) is 12.8. The molecule has 0 heterocycles. The molecule has 1 rings (SSSR count). The molecule has 0 radical (unpaired) electrons. The smallest absolute Gasteiger partial charge is 0.305 e. The molecule has 0 unspecified atom stereocenters. The van der Waals surface area contributed by atoms with Crippen molar-refractivity contribution in [1.29, 1.82) is 0 Å². The summed E-state index contributed by atoms with van der Waals surface area (Å²) < 4.78 is 13.1. The molecule has 0 spiro atoms. The van der Waals surface area contributed by atoms with Crippen molar-refractivity contribution in [1.82, 2.24) is 0 Å². The molecule has 0 amide bonds. The number of halogens is 2.